The van der Waals surface area contributed by atoms with Crippen molar-refractivity contribution < 1.29 is 9.31 Å². The van der Waals surface area contributed by atoms with Crippen molar-refractivity contribution in [3.8, 4) is 0 Å². The van der Waals surface area contributed by atoms with E-state index in [4.69, 9.17) is 9.31 Å². The second-order valence-corrected chi connectivity index (χ2v) is 6.02. The third-order valence-electron chi connectivity index (χ3n) is 4.33. The minimum atomic E-state index is -0.238. The number of rotatable bonds is 2. The quantitative estimate of drug-likeness (QED) is 0.680. The molecular weight excluding hydrogens is 211 g/mol. The standard InChI is InChI=1S/C14H23BO2/c1-6-11-9-7-8-10-12(11)15-16-13(2,3)14(4,5)17-15/h7-8,10-11H,6,9H2,1-5H3. The van der Waals surface area contributed by atoms with Crippen LogP contribution in [0.3, 0.4) is 0 Å². The first kappa shape index (κ1) is 12.9. The van der Waals surface area contributed by atoms with Gasteiger partial charge < -0.3 is 9.31 Å². The molecule has 0 N–H and O–H groups in total. The first-order chi connectivity index (χ1) is 7.87. The Morgan fingerprint density at radius 3 is 2.35 bits per heavy atom. The summed E-state index contributed by atoms with van der Waals surface area (Å²) in [5.41, 5.74) is 0.823. The van der Waals surface area contributed by atoms with E-state index in [1.165, 1.54) is 5.47 Å². The topological polar surface area (TPSA) is 18.5 Å². The minimum absolute atomic E-state index is 0.171. The fourth-order valence-electron chi connectivity index (χ4n) is 2.35. The van der Waals surface area contributed by atoms with Gasteiger partial charge in [-0.25, -0.2) is 0 Å². The molecule has 2 aliphatic rings. The minimum Gasteiger partial charge on any atom is -0.400 e. The van der Waals surface area contributed by atoms with Crippen LogP contribution in [0, 0.1) is 5.92 Å². The van der Waals surface area contributed by atoms with Crippen LogP contribution < -0.4 is 0 Å². The SMILES string of the molecule is CCC1CC=CC=C1B1OC(C)(C)C(C)(C)O1. The maximum atomic E-state index is 6.11. The van der Waals surface area contributed by atoms with E-state index in [-0.39, 0.29) is 18.3 Å². The molecule has 1 aliphatic carbocycles. The molecule has 3 heteroatoms. The summed E-state index contributed by atoms with van der Waals surface area (Å²) in [7, 11) is -0.171. The lowest BCUT2D eigenvalue weighted by molar-refractivity contribution is 0.00578. The molecule has 0 radical (unpaired) electrons. The molecule has 1 atom stereocenters. The monoisotopic (exact) mass is 234 g/mol. The van der Waals surface area contributed by atoms with E-state index in [0.717, 1.165) is 12.8 Å². The molecule has 17 heavy (non-hydrogen) atoms. The fourth-order valence-corrected chi connectivity index (χ4v) is 2.35. The van der Waals surface area contributed by atoms with Gasteiger partial charge in [-0.15, -0.1) is 0 Å². The lowest BCUT2D eigenvalue weighted by atomic mass is 9.67. The van der Waals surface area contributed by atoms with Crippen molar-refractivity contribution in [1.82, 2.24) is 0 Å². The molecule has 1 unspecified atom stereocenters. The van der Waals surface area contributed by atoms with Crippen molar-refractivity contribution in [3.63, 3.8) is 0 Å². The van der Waals surface area contributed by atoms with Gasteiger partial charge in [0.05, 0.1) is 11.2 Å². The third-order valence-corrected chi connectivity index (χ3v) is 4.33. The first-order valence-corrected chi connectivity index (χ1v) is 6.59. The maximum absolute atomic E-state index is 6.11. The van der Waals surface area contributed by atoms with Gasteiger partial charge in [0.1, 0.15) is 0 Å². The number of allylic oxidation sites excluding steroid dienone is 4. The number of hydrogen-bond acceptors (Lipinski definition) is 2. The summed E-state index contributed by atoms with van der Waals surface area (Å²) in [6, 6.07) is 0. The van der Waals surface area contributed by atoms with E-state index < -0.39 is 0 Å². The van der Waals surface area contributed by atoms with Crippen molar-refractivity contribution in [2.75, 3.05) is 0 Å². The Hall–Kier alpha value is -0.535. The molecule has 1 saturated heterocycles. The van der Waals surface area contributed by atoms with Crippen molar-refractivity contribution in [2.24, 2.45) is 5.92 Å². The highest BCUT2D eigenvalue weighted by molar-refractivity contribution is 6.54. The van der Waals surface area contributed by atoms with Crippen molar-refractivity contribution in [1.29, 1.82) is 0 Å². The smallest absolute Gasteiger partial charge is 0.400 e. The summed E-state index contributed by atoms with van der Waals surface area (Å²) in [4.78, 5) is 0. The van der Waals surface area contributed by atoms with Gasteiger partial charge >= 0.3 is 7.12 Å². The zero-order valence-corrected chi connectivity index (χ0v) is 11.6. The van der Waals surface area contributed by atoms with Crippen LogP contribution in [0.1, 0.15) is 47.5 Å². The lowest BCUT2D eigenvalue weighted by Crippen LogP contribution is -2.41. The Kier molecular flexibility index (Phi) is 3.26. The Morgan fingerprint density at radius 1 is 1.24 bits per heavy atom. The van der Waals surface area contributed by atoms with E-state index >= 15 is 0 Å². The van der Waals surface area contributed by atoms with E-state index in [0.29, 0.717) is 5.92 Å². The second kappa shape index (κ2) is 4.29. The van der Waals surface area contributed by atoms with E-state index in [2.05, 4.69) is 52.8 Å². The normalized spacial score (nSPS) is 30.5. The zero-order chi connectivity index (χ0) is 12.7. The summed E-state index contributed by atoms with van der Waals surface area (Å²) < 4.78 is 12.2. The second-order valence-electron chi connectivity index (χ2n) is 6.02. The molecule has 0 amide bonds. The summed E-state index contributed by atoms with van der Waals surface area (Å²) in [5, 5.41) is 0. The van der Waals surface area contributed by atoms with Gasteiger partial charge in [0, 0.05) is 0 Å². The molecule has 0 aromatic rings. The molecule has 1 fully saturated rings. The van der Waals surface area contributed by atoms with E-state index in [1.807, 2.05) is 0 Å². The van der Waals surface area contributed by atoms with Crippen LogP contribution in [0.4, 0.5) is 0 Å². The van der Waals surface area contributed by atoms with Gasteiger partial charge in [0.25, 0.3) is 0 Å². The molecule has 1 aliphatic heterocycles. The Balaban J connectivity index is 2.20. The largest absolute Gasteiger partial charge is 0.490 e. The van der Waals surface area contributed by atoms with Crippen LogP contribution in [0.25, 0.3) is 0 Å². The molecule has 2 nitrogen and oxygen atoms in total. The average molecular weight is 234 g/mol. The third kappa shape index (κ3) is 2.23. The lowest BCUT2D eigenvalue weighted by Gasteiger charge is -2.32. The highest BCUT2D eigenvalue weighted by atomic mass is 16.7. The van der Waals surface area contributed by atoms with Crippen molar-refractivity contribution in [2.45, 2.75) is 58.7 Å². The van der Waals surface area contributed by atoms with Gasteiger partial charge in [0.2, 0.25) is 0 Å². The molecule has 1 heterocycles. The molecule has 0 aromatic carbocycles. The van der Waals surface area contributed by atoms with Gasteiger partial charge in [-0.05, 0) is 51.9 Å². The first-order valence-electron chi connectivity index (χ1n) is 6.59. The molecular formula is C14H23BO2. The maximum Gasteiger partial charge on any atom is 0.490 e. The highest BCUT2D eigenvalue weighted by Gasteiger charge is 2.53. The van der Waals surface area contributed by atoms with Crippen LogP contribution in [0.2, 0.25) is 0 Å². The van der Waals surface area contributed by atoms with E-state index in [1.54, 1.807) is 0 Å². The predicted octanol–water partition coefficient (Wildman–Crippen LogP) is 3.53. The summed E-state index contributed by atoms with van der Waals surface area (Å²) in [5.74, 6) is 0.565. The van der Waals surface area contributed by atoms with Crippen LogP contribution in [-0.4, -0.2) is 18.3 Å². The van der Waals surface area contributed by atoms with Gasteiger partial charge in [-0.2, -0.15) is 0 Å². The number of hydrogen-bond donors (Lipinski definition) is 0. The van der Waals surface area contributed by atoms with Gasteiger partial charge in [0.15, 0.2) is 0 Å². The Labute approximate surface area is 105 Å². The molecule has 94 valence electrons. The van der Waals surface area contributed by atoms with Gasteiger partial charge in [-0.1, -0.05) is 25.2 Å². The summed E-state index contributed by atoms with van der Waals surface area (Å²) >= 11 is 0. The van der Waals surface area contributed by atoms with Crippen LogP contribution >= 0.6 is 0 Å². The van der Waals surface area contributed by atoms with Gasteiger partial charge in [-0.3, -0.25) is 0 Å². The van der Waals surface area contributed by atoms with Crippen molar-refractivity contribution >= 4 is 7.12 Å². The van der Waals surface area contributed by atoms with Crippen LogP contribution in [0.15, 0.2) is 23.7 Å². The molecule has 2 rings (SSSR count). The van der Waals surface area contributed by atoms with E-state index in [9.17, 15) is 0 Å². The molecule has 0 spiro atoms. The average Bonchev–Trinajstić information content (AvgIpc) is 2.48. The zero-order valence-electron chi connectivity index (χ0n) is 11.6. The predicted molar refractivity (Wildman–Crippen MR) is 71.7 cm³/mol. The van der Waals surface area contributed by atoms with Crippen LogP contribution in [0.5, 0.6) is 0 Å². The molecule has 0 bridgehead atoms. The fraction of sp³-hybridized carbons (Fsp3) is 0.714. The summed E-state index contributed by atoms with van der Waals surface area (Å²) in [6.45, 7) is 10.6. The van der Waals surface area contributed by atoms with Crippen molar-refractivity contribution in [3.05, 3.63) is 23.7 Å². The Bertz CT molecular complexity index is 339. The molecule has 0 saturated carbocycles. The van der Waals surface area contributed by atoms with Crippen LogP contribution in [-0.2, 0) is 9.31 Å². The Morgan fingerprint density at radius 2 is 1.82 bits per heavy atom. The summed E-state index contributed by atoms with van der Waals surface area (Å²) in [6.07, 6.45) is 8.75. The highest BCUT2D eigenvalue weighted by Crippen LogP contribution is 2.41. The molecule has 0 aromatic heterocycles.